The molecule has 0 spiro atoms. The first-order chi connectivity index (χ1) is 9.06. The summed E-state index contributed by atoms with van der Waals surface area (Å²) in [4.78, 5) is 0. The third kappa shape index (κ3) is 1.75. The largest absolute Gasteiger partial charge is 0.387 e. The van der Waals surface area contributed by atoms with Crippen molar-refractivity contribution >= 4 is 0 Å². The summed E-state index contributed by atoms with van der Waals surface area (Å²) in [6.07, 6.45) is 0.546. The Hall–Kier alpha value is -1.51. The summed E-state index contributed by atoms with van der Waals surface area (Å²) in [7, 11) is 0. The number of hydrogen-bond donors (Lipinski definition) is 1. The molecule has 1 N–H and O–H groups in total. The van der Waals surface area contributed by atoms with Crippen LogP contribution in [0.1, 0.15) is 30.9 Å². The van der Waals surface area contributed by atoms with Crippen molar-refractivity contribution in [3.05, 3.63) is 35.4 Å². The number of hydrogen-bond acceptors (Lipinski definition) is 3. The zero-order chi connectivity index (χ0) is 13.6. The minimum atomic E-state index is -1.16. The summed E-state index contributed by atoms with van der Waals surface area (Å²) in [5.74, 6) is -1.99. The van der Waals surface area contributed by atoms with Gasteiger partial charge in [0.1, 0.15) is 11.5 Å². The molecule has 2 aliphatic heterocycles. The van der Waals surface area contributed by atoms with Crippen molar-refractivity contribution in [2.75, 3.05) is 0 Å². The molecule has 3 rings (SSSR count). The second-order valence-corrected chi connectivity index (χ2v) is 5.26. The molecule has 0 aliphatic carbocycles. The smallest absolute Gasteiger partial charge is 0.159 e. The fourth-order valence-electron chi connectivity index (χ4n) is 3.19. The number of nitriles is 1. The van der Waals surface area contributed by atoms with Gasteiger partial charge in [0.15, 0.2) is 11.6 Å². The molecule has 2 fully saturated rings. The van der Waals surface area contributed by atoms with Crippen molar-refractivity contribution in [1.29, 1.82) is 5.26 Å². The molecule has 100 valence electrons. The topological polar surface area (TPSA) is 53.2 Å². The van der Waals surface area contributed by atoms with Gasteiger partial charge in [-0.05, 0) is 37.0 Å². The zero-order valence-corrected chi connectivity index (χ0v) is 10.1. The van der Waals surface area contributed by atoms with E-state index in [1.807, 2.05) is 0 Å². The van der Waals surface area contributed by atoms with Gasteiger partial charge in [0.2, 0.25) is 0 Å². The normalized spacial score (nSPS) is 34.2. The Morgan fingerprint density at radius 3 is 2.68 bits per heavy atom. The Morgan fingerprint density at radius 2 is 2.16 bits per heavy atom. The van der Waals surface area contributed by atoms with Gasteiger partial charge in [-0.1, -0.05) is 6.07 Å². The lowest BCUT2D eigenvalue weighted by atomic mass is 9.69. The van der Waals surface area contributed by atoms with Gasteiger partial charge in [-0.25, -0.2) is 8.78 Å². The molecule has 2 bridgehead atoms. The van der Waals surface area contributed by atoms with E-state index < -0.39 is 23.2 Å². The van der Waals surface area contributed by atoms with Gasteiger partial charge in [-0.2, -0.15) is 5.26 Å². The van der Waals surface area contributed by atoms with Gasteiger partial charge in [-0.3, -0.25) is 0 Å². The summed E-state index contributed by atoms with van der Waals surface area (Å²) in [6.45, 7) is 0. The lowest BCUT2D eigenvalue weighted by Crippen LogP contribution is -2.37. The highest BCUT2D eigenvalue weighted by molar-refractivity contribution is 5.27. The van der Waals surface area contributed by atoms with Crippen LogP contribution in [-0.2, 0) is 4.74 Å². The first-order valence-corrected chi connectivity index (χ1v) is 6.26. The monoisotopic (exact) mass is 265 g/mol. The first-order valence-electron chi connectivity index (χ1n) is 6.26. The quantitative estimate of drug-likeness (QED) is 0.893. The second-order valence-electron chi connectivity index (χ2n) is 5.26. The molecule has 0 radical (unpaired) electrons. The van der Waals surface area contributed by atoms with Crippen LogP contribution >= 0.6 is 0 Å². The summed E-state index contributed by atoms with van der Waals surface area (Å²) >= 11 is 0. The van der Waals surface area contributed by atoms with Gasteiger partial charge in [0.25, 0.3) is 0 Å². The molecule has 0 aromatic heterocycles. The highest BCUT2D eigenvalue weighted by Gasteiger charge is 2.57. The van der Waals surface area contributed by atoms with Crippen molar-refractivity contribution in [3.63, 3.8) is 0 Å². The van der Waals surface area contributed by atoms with Crippen molar-refractivity contribution in [1.82, 2.24) is 0 Å². The summed E-state index contributed by atoms with van der Waals surface area (Å²) in [5, 5.41) is 19.9. The number of nitrogens with zero attached hydrogens (tertiary/aromatic N) is 1. The molecule has 1 aromatic rings. The Labute approximate surface area is 109 Å². The van der Waals surface area contributed by atoms with E-state index in [0.717, 1.165) is 25.0 Å². The van der Waals surface area contributed by atoms with Gasteiger partial charge in [0, 0.05) is 0 Å². The van der Waals surface area contributed by atoms with Gasteiger partial charge in [-0.15, -0.1) is 0 Å². The van der Waals surface area contributed by atoms with Crippen molar-refractivity contribution in [2.24, 2.45) is 5.41 Å². The molecule has 2 saturated heterocycles. The van der Waals surface area contributed by atoms with E-state index in [-0.39, 0.29) is 17.8 Å². The van der Waals surface area contributed by atoms with Crippen LogP contribution in [0.5, 0.6) is 0 Å². The number of fused-ring (bicyclic) bond motifs is 2. The van der Waals surface area contributed by atoms with E-state index in [9.17, 15) is 19.1 Å². The summed E-state index contributed by atoms with van der Waals surface area (Å²) in [6, 6.07) is 5.38. The van der Waals surface area contributed by atoms with Crippen molar-refractivity contribution < 1.29 is 18.6 Å². The number of benzene rings is 1. The minimum Gasteiger partial charge on any atom is -0.387 e. The minimum absolute atomic E-state index is 0.00963. The van der Waals surface area contributed by atoms with Gasteiger partial charge in [0.05, 0.1) is 18.3 Å². The molecule has 2 aliphatic rings. The lowest BCUT2D eigenvalue weighted by molar-refractivity contribution is 0.00323. The van der Waals surface area contributed by atoms with Crippen LogP contribution < -0.4 is 0 Å². The molecule has 3 nitrogen and oxygen atoms in total. The standard InChI is InChI=1S/C14H13F2NO2/c15-10-3-1-8(5-11(10)16)13(18)14(7-17)6-9-2-4-12(14)19-9/h1,3,5,9,12-13,18H,2,4,6H2. The average molecular weight is 265 g/mol. The molecule has 5 heteroatoms. The molecule has 0 amide bonds. The van der Waals surface area contributed by atoms with Crippen LogP contribution in [0.15, 0.2) is 18.2 Å². The predicted octanol–water partition coefficient (Wildman–Crippen LogP) is 2.46. The Balaban J connectivity index is 1.96. The molecular weight excluding hydrogens is 252 g/mol. The number of rotatable bonds is 2. The van der Waals surface area contributed by atoms with Crippen molar-refractivity contribution in [2.45, 2.75) is 37.6 Å². The Kier molecular flexibility index (Phi) is 2.80. The maximum atomic E-state index is 13.2. The molecule has 4 atom stereocenters. The Bertz CT molecular complexity index is 557. The van der Waals surface area contributed by atoms with E-state index in [4.69, 9.17) is 4.74 Å². The molecule has 4 unspecified atom stereocenters. The van der Waals surface area contributed by atoms with E-state index in [0.29, 0.717) is 6.42 Å². The summed E-state index contributed by atoms with van der Waals surface area (Å²) < 4.78 is 31.8. The van der Waals surface area contributed by atoms with Crippen LogP contribution in [0.2, 0.25) is 0 Å². The first kappa shape index (κ1) is 12.5. The van der Waals surface area contributed by atoms with Gasteiger partial charge < -0.3 is 9.84 Å². The highest BCUT2D eigenvalue weighted by atomic mass is 19.2. The fourth-order valence-corrected chi connectivity index (χ4v) is 3.19. The molecule has 1 aromatic carbocycles. The van der Waals surface area contributed by atoms with E-state index >= 15 is 0 Å². The Morgan fingerprint density at radius 1 is 1.37 bits per heavy atom. The molecule has 0 saturated carbocycles. The highest BCUT2D eigenvalue weighted by Crippen LogP contribution is 2.53. The zero-order valence-electron chi connectivity index (χ0n) is 10.1. The van der Waals surface area contributed by atoms with Crippen LogP contribution in [0.25, 0.3) is 0 Å². The van der Waals surface area contributed by atoms with Crippen LogP contribution in [0.4, 0.5) is 8.78 Å². The second kappa shape index (κ2) is 4.26. The number of ether oxygens (including phenoxy) is 1. The van der Waals surface area contributed by atoms with Crippen molar-refractivity contribution in [3.8, 4) is 6.07 Å². The van der Waals surface area contributed by atoms with Crippen LogP contribution in [0, 0.1) is 28.4 Å². The maximum absolute atomic E-state index is 13.2. The van der Waals surface area contributed by atoms with Crippen LogP contribution in [-0.4, -0.2) is 17.3 Å². The fraction of sp³-hybridized carbons (Fsp3) is 0.500. The lowest BCUT2D eigenvalue weighted by Gasteiger charge is -2.33. The predicted molar refractivity (Wildman–Crippen MR) is 61.9 cm³/mol. The van der Waals surface area contributed by atoms with Gasteiger partial charge >= 0.3 is 0 Å². The maximum Gasteiger partial charge on any atom is 0.159 e. The molecule has 19 heavy (non-hydrogen) atoms. The third-order valence-electron chi connectivity index (χ3n) is 4.20. The van der Waals surface area contributed by atoms with E-state index in [1.54, 1.807) is 0 Å². The number of aliphatic hydroxyl groups is 1. The number of halogens is 2. The molecular formula is C14H13F2NO2. The SMILES string of the molecule is N#CC1(C(O)c2ccc(F)c(F)c2)CC2CCC1O2. The average Bonchev–Trinajstić information content (AvgIpc) is 3.02. The molecule has 2 heterocycles. The van der Waals surface area contributed by atoms with E-state index in [1.165, 1.54) is 6.07 Å². The third-order valence-corrected chi connectivity index (χ3v) is 4.20. The van der Waals surface area contributed by atoms with Crippen LogP contribution in [0.3, 0.4) is 0 Å². The summed E-state index contributed by atoms with van der Waals surface area (Å²) in [5.41, 5.74) is -0.829. The van der Waals surface area contributed by atoms with E-state index in [2.05, 4.69) is 6.07 Å². The number of aliphatic hydroxyl groups excluding tert-OH is 1.